The predicted octanol–water partition coefficient (Wildman–Crippen LogP) is 2.01. The lowest BCUT2D eigenvalue weighted by Gasteiger charge is -2.55. The molecule has 0 amide bonds. The van der Waals surface area contributed by atoms with Crippen molar-refractivity contribution in [3.05, 3.63) is 49.1 Å². The third-order valence-corrected chi connectivity index (χ3v) is 3.73. The fourth-order valence-electron chi connectivity index (χ4n) is 2.67. The summed E-state index contributed by atoms with van der Waals surface area (Å²) in [5, 5.41) is 6.21. The van der Waals surface area contributed by atoms with E-state index in [0.717, 1.165) is 0 Å². The van der Waals surface area contributed by atoms with Crippen LogP contribution in [-0.4, -0.2) is 0 Å². The predicted molar refractivity (Wildman–Crippen MR) is 56.9 cm³/mol. The van der Waals surface area contributed by atoms with Crippen LogP contribution in [0.2, 0.25) is 0 Å². The first-order chi connectivity index (χ1) is 6.87. The molecule has 0 aromatic rings. The van der Waals surface area contributed by atoms with Crippen molar-refractivity contribution in [3.8, 4) is 0 Å². The van der Waals surface area contributed by atoms with E-state index in [9.17, 15) is 0 Å². The van der Waals surface area contributed by atoms with Gasteiger partial charge in [-0.25, -0.2) is 0 Å². The highest BCUT2D eigenvalue weighted by Gasteiger charge is 2.53. The number of nitrogens with one attached hydrogen (secondary N) is 2. The lowest BCUT2D eigenvalue weighted by atomic mass is 9.48. The van der Waals surface area contributed by atoms with E-state index < -0.39 is 0 Å². The molecule has 1 aliphatic carbocycles. The van der Waals surface area contributed by atoms with Gasteiger partial charge in [0.1, 0.15) is 0 Å². The molecule has 0 saturated heterocycles. The number of fused-ring (bicyclic) bond motifs is 1. The van der Waals surface area contributed by atoms with Crippen LogP contribution in [-0.2, 0) is 0 Å². The van der Waals surface area contributed by atoms with Gasteiger partial charge >= 0.3 is 0 Å². The first kappa shape index (κ1) is 7.92. The number of rotatable bonds is 0. The van der Waals surface area contributed by atoms with Crippen molar-refractivity contribution in [2.24, 2.45) is 10.8 Å². The third-order valence-electron chi connectivity index (χ3n) is 3.73. The summed E-state index contributed by atoms with van der Waals surface area (Å²) in [6.45, 7) is 0. The molecule has 0 aromatic heterocycles. The molecule has 2 spiro atoms. The van der Waals surface area contributed by atoms with Gasteiger partial charge in [0.15, 0.2) is 0 Å². The normalized spacial score (nSPS) is 28.6. The summed E-state index contributed by atoms with van der Waals surface area (Å²) in [4.78, 5) is 0. The van der Waals surface area contributed by atoms with E-state index in [1.54, 1.807) is 0 Å². The molecule has 2 aliphatic heterocycles. The SMILES string of the molecule is C1=CC2(C=CN1)CCC21C=CNC=C1. The standard InChI is InChI=1S/C12H14N2/c1-2-12(5-9-14-10-6-12)11(1)3-7-13-8-4-11/h3-10,13-14H,1-2H2. The molecule has 3 aliphatic rings. The fourth-order valence-corrected chi connectivity index (χ4v) is 2.67. The minimum absolute atomic E-state index is 0.230. The Balaban J connectivity index is 2.02. The van der Waals surface area contributed by atoms with Gasteiger partial charge in [-0.15, -0.1) is 0 Å². The lowest BCUT2D eigenvalue weighted by molar-refractivity contribution is 0.0997. The Labute approximate surface area is 84.1 Å². The third kappa shape index (κ3) is 0.808. The zero-order chi connectivity index (χ0) is 9.49. The van der Waals surface area contributed by atoms with Crippen LogP contribution in [0.15, 0.2) is 49.1 Å². The van der Waals surface area contributed by atoms with E-state index in [4.69, 9.17) is 0 Å². The molecule has 0 radical (unpaired) electrons. The number of dihydropyridines is 2. The molecule has 1 saturated carbocycles. The molecule has 3 rings (SSSR count). The molecule has 2 heteroatoms. The van der Waals surface area contributed by atoms with E-state index in [0.29, 0.717) is 0 Å². The van der Waals surface area contributed by atoms with E-state index in [1.807, 2.05) is 24.8 Å². The Morgan fingerprint density at radius 3 is 1.29 bits per heavy atom. The molecule has 2 heterocycles. The van der Waals surface area contributed by atoms with E-state index in [-0.39, 0.29) is 10.8 Å². The molecule has 2 N–H and O–H groups in total. The number of allylic oxidation sites excluding steroid dienone is 4. The van der Waals surface area contributed by atoms with Crippen LogP contribution in [0.3, 0.4) is 0 Å². The minimum Gasteiger partial charge on any atom is -0.368 e. The molecule has 1 fully saturated rings. The van der Waals surface area contributed by atoms with Gasteiger partial charge in [0, 0.05) is 10.8 Å². The van der Waals surface area contributed by atoms with Crippen LogP contribution in [0.1, 0.15) is 12.8 Å². The first-order valence-electron chi connectivity index (χ1n) is 5.10. The quantitative estimate of drug-likeness (QED) is 0.604. The highest BCUT2D eigenvalue weighted by Crippen LogP contribution is 2.61. The van der Waals surface area contributed by atoms with Crippen LogP contribution in [0.5, 0.6) is 0 Å². The maximum Gasteiger partial charge on any atom is 0.0223 e. The summed E-state index contributed by atoms with van der Waals surface area (Å²) in [5.74, 6) is 0. The van der Waals surface area contributed by atoms with Crippen molar-refractivity contribution < 1.29 is 0 Å². The van der Waals surface area contributed by atoms with Gasteiger partial charge < -0.3 is 10.6 Å². The molecule has 0 aromatic carbocycles. The van der Waals surface area contributed by atoms with Gasteiger partial charge in [-0.05, 0) is 37.6 Å². The zero-order valence-electron chi connectivity index (χ0n) is 8.03. The Morgan fingerprint density at radius 1 is 0.643 bits per heavy atom. The van der Waals surface area contributed by atoms with Crippen molar-refractivity contribution >= 4 is 0 Å². The molecule has 0 atom stereocenters. The van der Waals surface area contributed by atoms with Crippen molar-refractivity contribution in [2.75, 3.05) is 0 Å². The second-order valence-corrected chi connectivity index (χ2v) is 4.25. The van der Waals surface area contributed by atoms with Crippen molar-refractivity contribution in [2.45, 2.75) is 12.8 Å². The smallest absolute Gasteiger partial charge is 0.0223 e. The Hall–Kier alpha value is -1.44. The summed E-state index contributed by atoms with van der Waals surface area (Å²) >= 11 is 0. The van der Waals surface area contributed by atoms with Gasteiger partial charge in [0.25, 0.3) is 0 Å². The highest BCUT2D eigenvalue weighted by molar-refractivity contribution is 5.37. The Kier molecular flexibility index (Phi) is 1.43. The van der Waals surface area contributed by atoms with E-state index >= 15 is 0 Å². The highest BCUT2D eigenvalue weighted by atomic mass is 14.8. The number of hydrogen-bond donors (Lipinski definition) is 2. The van der Waals surface area contributed by atoms with Crippen LogP contribution >= 0.6 is 0 Å². The molecule has 0 unspecified atom stereocenters. The summed E-state index contributed by atoms with van der Waals surface area (Å²) in [5.41, 5.74) is 0.459. The lowest BCUT2D eigenvalue weighted by Crippen LogP contribution is -2.48. The van der Waals surface area contributed by atoms with Crippen LogP contribution < -0.4 is 10.6 Å². The summed E-state index contributed by atoms with van der Waals surface area (Å²) < 4.78 is 0. The fraction of sp³-hybridized carbons (Fsp3) is 0.333. The van der Waals surface area contributed by atoms with Crippen molar-refractivity contribution in [1.29, 1.82) is 0 Å². The maximum atomic E-state index is 3.11. The summed E-state index contributed by atoms with van der Waals surface area (Å²) in [6.07, 6.45) is 19.8. The molecule has 72 valence electrons. The monoisotopic (exact) mass is 186 g/mol. The largest absolute Gasteiger partial charge is 0.368 e. The topological polar surface area (TPSA) is 24.1 Å². The van der Waals surface area contributed by atoms with Gasteiger partial charge in [-0.3, -0.25) is 0 Å². The summed E-state index contributed by atoms with van der Waals surface area (Å²) in [7, 11) is 0. The van der Waals surface area contributed by atoms with Crippen LogP contribution in [0.4, 0.5) is 0 Å². The Morgan fingerprint density at radius 2 is 1.00 bits per heavy atom. The molecular weight excluding hydrogens is 172 g/mol. The minimum atomic E-state index is 0.230. The first-order valence-corrected chi connectivity index (χ1v) is 5.10. The van der Waals surface area contributed by atoms with E-state index in [1.165, 1.54) is 12.8 Å². The molecular formula is C12H14N2. The molecule has 2 nitrogen and oxygen atoms in total. The van der Waals surface area contributed by atoms with Gasteiger partial charge in [0.2, 0.25) is 0 Å². The number of hydrogen-bond acceptors (Lipinski definition) is 2. The average Bonchev–Trinajstić information content (AvgIpc) is 2.30. The van der Waals surface area contributed by atoms with Gasteiger partial charge in [-0.2, -0.15) is 0 Å². The zero-order valence-corrected chi connectivity index (χ0v) is 8.03. The van der Waals surface area contributed by atoms with Crippen molar-refractivity contribution in [3.63, 3.8) is 0 Å². The van der Waals surface area contributed by atoms with E-state index in [2.05, 4.69) is 34.9 Å². The van der Waals surface area contributed by atoms with Gasteiger partial charge in [0.05, 0.1) is 0 Å². The van der Waals surface area contributed by atoms with Crippen LogP contribution in [0.25, 0.3) is 0 Å². The molecule has 0 bridgehead atoms. The second kappa shape index (κ2) is 2.53. The van der Waals surface area contributed by atoms with Crippen LogP contribution in [0, 0.1) is 10.8 Å². The van der Waals surface area contributed by atoms with Crippen molar-refractivity contribution in [1.82, 2.24) is 10.6 Å². The molecule has 14 heavy (non-hydrogen) atoms. The average molecular weight is 186 g/mol. The second-order valence-electron chi connectivity index (χ2n) is 4.25. The Bertz CT molecular complexity index is 301. The van der Waals surface area contributed by atoms with Gasteiger partial charge in [-0.1, -0.05) is 24.3 Å². The summed E-state index contributed by atoms with van der Waals surface area (Å²) in [6, 6.07) is 0. The maximum absolute atomic E-state index is 3.11.